The first kappa shape index (κ1) is 14.1. The van der Waals surface area contributed by atoms with Gasteiger partial charge in [0.15, 0.2) is 0 Å². The van der Waals surface area contributed by atoms with Gasteiger partial charge in [-0.1, -0.05) is 35.6 Å². The van der Waals surface area contributed by atoms with E-state index in [9.17, 15) is 0 Å². The van der Waals surface area contributed by atoms with Crippen LogP contribution in [0.5, 0.6) is 0 Å². The summed E-state index contributed by atoms with van der Waals surface area (Å²) in [5, 5.41) is 2.76. The molecule has 1 aromatic heterocycles. The largest absolute Gasteiger partial charge is 0.371 e. The molecule has 0 unspecified atom stereocenters. The Morgan fingerprint density at radius 1 is 1.21 bits per heavy atom. The summed E-state index contributed by atoms with van der Waals surface area (Å²) in [4.78, 5) is 1.16. The minimum absolute atomic E-state index is 0.387. The van der Waals surface area contributed by atoms with Gasteiger partial charge in [0.25, 0.3) is 0 Å². The second kappa shape index (κ2) is 7.32. The van der Waals surface area contributed by atoms with Gasteiger partial charge >= 0.3 is 0 Å². The van der Waals surface area contributed by atoms with E-state index >= 15 is 0 Å². The molecule has 0 saturated carbocycles. The zero-order valence-corrected chi connectivity index (χ0v) is 11.9. The Kier molecular flexibility index (Phi) is 5.44. The van der Waals surface area contributed by atoms with Crippen molar-refractivity contribution in [1.82, 2.24) is 0 Å². The van der Waals surface area contributed by atoms with Gasteiger partial charge in [0.1, 0.15) is 0 Å². The van der Waals surface area contributed by atoms with E-state index in [1.54, 1.807) is 11.3 Å². The predicted molar refractivity (Wildman–Crippen MR) is 80.2 cm³/mol. The van der Waals surface area contributed by atoms with Crippen molar-refractivity contribution in [2.24, 2.45) is 5.73 Å². The summed E-state index contributed by atoms with van der Waals surface area (Å²) < 4.78 is 5.66. The Labute approximate surface area is 122 Å². The quantitative estimate of drug-likeness (QED) is 0.876. The molecule has 0 amide bonds. The predicted octanol–water partition coefficient (Wildman–Crippen LogP) is 3.43. The maximum absolute atomic E-state index is 5.83. The third kappa shape index (κ3) is 4.70. The number of nitrogens with two attached hydrogens (primary N) is 1. The average Bonchev–Trinajstić information content (AvgIpc) is 2.87. The van der Waals surface area contributed by atoms with Gasteiger partial charge in [-0.05, 0) is 23.8 Å². The molecule has 2 N–H and O–H groups in total. The second-order valence-corrected chi connectivity index (χ2v) is 5.36. The molecule has 0 aliphatic heterocycles. The van der Waals surface area contributed by atoms with Crippen LogP contribution in [0.25, 0.3) is 0 Å². The molecule has 2 rings (SSSR count). The minimum Gasteiger partial charge on any atom is -0.371 e. The smallest absolute Gasteiger partial charge is 0.0814 e. The van der Waals surface area contributed by atoms with Crippen LogP contribution in [0.2, 0.25) is 5.02 Å². The lowest BCUT2D eigenvalue weighted by atomic mass is 10.2. The number of hydrogen-bond acceptors (Lipinski definition) is 3. The maximum atomic E-state index is 5.83. The zero-order chi connectivity index (χ0) is 13.5. The maximum Gasteiger partial charge on any atom is 0.0814 e. The molecule has 0 aliphatic rings. The summed E-state index contributed by atoms with van der Waals surface area (Å²) in [7, 11) is 0. The second-order valence-electron chi connectivity index (χ2n) is 3.93. The molecule has 19 heavy (non-hydrogen) atoms. The van der Waals surface area contributed by atoms with E-state index in [2.05, 4.69) is 11.8 Å². The Bertz CT molecular complexity index is 580. The SMILES string of the molecule is NCC#Cc1csc(COCc2ccc(Cl)cc2)c1. The summed E-state index contributed by atoms with van der Waals surface area (Å²) in [6.45, 7) is 1.56. The number of benzene rings is 1. The standard InChI is InChI=1S/C15H14ClNOS/c16-14-5-3-12(4-6-14)9-18-10-15-8-13(11-19-15)2-1-7-17/h3-6,8,11H,7,9-10,17H2. The molecule has 1 aromatic carbocycles. The van der Waals surface area contributed by atoms with Crippen LogP contribution in [0.4, 0.5) is 0 Å². The van der Waals surface area contributed by atoms with Crippen LogP contribution in [0, 0.1) is 11.8 Å². The lowest BCUT2D eigenvalue weighted by Gasteiger charge is -2.02. The summed E-state index contributed by atoms with van der Waals surface area (Å²) in [5.74, 6) is 5.84. The van der Waals surface area contributed by atoms with Crippen LogP contribution >= 0.6 is 22.9 Å². The molecular formula is C15H14ClNOS. The topological polar surface area (TPSA) is 35.2 Å². The fraction of sp³-hybridized carbons (Fsp3) is 0.200. The molecule has 98 valence electrons. The highest BCUT2D eigenvalue weighted by atomic mass is 35.5. The monoisotopic (exact) mass is 291 g/mol. The van der Waals surface area contributed by atoms with E-state index in [4.69, 9.17) is 22.1 Å². The first-order valence-electron chi connectivity index (χ1n) is 5.86. The van der Waals surface area contributed by atoms with Crippen LogP contribution < -0.4 is 5.73 Å². The van der Waals surface area contributed by atoms with Gasteiger partial charge in [-0.25, -0.2) is 0 Å². The van der Waals surface area contributed by atoms with Crippen LogP contribution in [-0.2, 0) is 18.0 Å². The van der Waals surface area contributed by atoms with Gasteiger partial charge in [-0.2, -0.15) is 0 Å². The summed E-state index contributed by atoms with van der Waals surface area (Å²) in [6, 6.07) is 9.71. The van der Waals surface area contributed by atoms with Crippen molar-refractivity contribution >= 4 is 22.9 Å². The van der Waals surface area contributed by atoms with Crippen LogP contribution in [0.3, 0.4) is 0 Å². The Morgan fingerprint density at radius 3 is 2.74 bits per heavy atom. The fourth-order valence-electron chi connectivity index (χ4n) is 1.53. The van der Waals surface area contributed by atoms with Crippen molar-refractivity contribution in [3.8, 4) is 11.8 Å². The number of rotatable bonds is 4. The first-order chi connectivity index (χ1) is 9.28. The van der Waals surface area contributed by atoms with Crippen molar-refractivity contribution in [2.45, 2.75) is 13.2 Å². The molecule has 0 radical (unpaired) electrons. The van der Waals surface area contributed by atoms with Gasteiger partial charge in [0, 0.05) is 20.8 Å². The van der Waals surface area contributed by atoms with E-state index in [0.29, 0.717) is 19.8 Å². The highest BCUT2D eigenvalue weighted by molar-refractivity contribution is 7.10. The highest BCUT2D eigenvalue weighted by Gasteiger charge is 1.99. The van der Waals surface area contributed by atoms with E-state index in [1.165, 1.54) is 0 Å². The zero-order valence-electron chi connectivity index (χ0n) is 10.4. The van der Waals surface area contributed by atoms with Crippen LogP contribution in [-0.4, -0.2) is 6.54 Å². The van der Waals surface area contributed by atoms with E-state index in [0.717, 1.165) is 21.0 Å². The van der Waals surface area contributed by atoms with Crippen molar-refractivity contribution in [2.75, 3.05) is 6.54 Å². The minimum atomic E-state index is 0.387. The molecular weight excluding hydrogens is 278 g/mol. The van der Waals surface area contributed by atoms with Crippen molar-refractivity contribution in [3.63, 3.8) is 0 Å². The highest BCUT2D eigenvalue weighted by Crippen LogP contribution is 2.16. The third-order valence-electron chi connectivity index (χ3n) is 2.41. The van der Waals surface area contributed by atoms with Crippen molar-refractivity contribution < 1.29 is 4.74 Å². The normalized spacial score (nSPS) is 10.0. The summed E-state index contributed by atoms with van der Waals surface area (Å²) in [5.41, 5.74) is 7.45. The van der Waals surface area contributed by atoms with Crippen molar-refractivity contribution in [1.29, 1.82) is 0 Å². The van der Waals surface area contributed by atoms with E-state index in [-0.39, 0.29) is 0 Å². The molecule has 2 nitrogen and oxygen atoms in total. The molecule has 4 heteroatoms. The molecule has 1 heterocycles. The number of ether oxygens (including phenoxy) is 1. The van der Waals surface area contributed by atoms with Gasteiger partial charge in [0.05, 0.1) is 19.8 Å². The Hall–Kier alpha value is -1.31. The third-order valence-corrected chi connectivity index (χ3v) is 3.58. The summed E-state index contributed by atoms with van der Waals surface area (Å²) in [6.07, 6.45) is 0. The summed E-state index contributed by atoms with van der Waals surface area (Å²) >= 11 is 7.47. The van der Waals surface area contributed by atoms with Gasteiger partial charge in [-0.3, -0.25) is 0 Å². The van der Waals surface area contributed by atoms with Gasteiger partial charge < -0.3 is 10.5 Å². The Balaban J connectivity index is 1.82. The molecule has 0 saturated heterocycles. The molecule has 0 atom stereocenters. The number of thiophene rings is 1. The molecule has 0 bridgehead atoms. The number of halogens is 1. The van der Waals surface area contributed by atoms with Crippen LogP contribution in [0.1, 0.15) is 16.0 Å². The lowest BCUT2D eigenvalue weighted by Crippen LogP contribution is -1.93. The van der Waals surface area contributed by atoms with Crippen LogP contribution in [0.15, 0.2) is 35.7 Å². The lowest BCUT2D eigenvalue weighted by molar-refractivity contribution is 0.109. The van der Waals surface area contributed by atoms with Crippen molar-refractivity contribution in [3.05, 3.63) is 56.7 Å². The van der Waals surface area contributed by atoms with Gasteiger partial charge in [0.2, 0.25) is 0 Å². The van der Waals surface area contributed by atoms with E-state index < -0.39 is 0 Å². The number of hydrogen-bond donors (Lipinski definition) is 1. The average molecular weight is 292 g/mol. The first-order valence-corrected chi connectivity index (χ1v) is 7.12. The molecule has 0 spiro atoms. The van der Waals surface area contributed by atoms with E-state index in [1.807, 2.05) is 35.7 Å². The van der Waals surface area contributed by atoms with Gasteiger partial charge in [-0.15, -0.1) is 11.3 Å². The molecule has 2 aromatic rings. The molecule has 0 aliphatic carbocycles. The molecule has 0 fully saturated rings. The Morgan fingerprint density at radius 2 is 2.00 bits per heavy atom. The fourth-order valence-corrected chi connectivity index (χ4v) is 2.40.